The average molecular weight is 383 g/mol. The van der Waals surface area contributed by atoms with Gasteiger partial charge in [0.05, 0.1) is 5.92 Å². The Balaban J connectivity index is 1.85. The summed E-state index contributed by atoms with van der Waals surface area (Å²) in [5.41, 5.74) is 0.805. The minimum Gasteiger partial charge on any atom is -0.339 e. The first-order valence-corrected chi connectivity index (χ1v) is 9.62. The zero-order valence-electron chi connectivity index (χ0n) is 15.2. The molecule has 2 aromatic carbocycles. The molecule has 0 N–H and O–H groups in total. The Kier molecular flexibility index (Phi) is 5.60. The Hall–Kier alpha value is -2.67. The maximum Gasteiger partial charge on any atom is 0.274 e. The highest BCUT2D eigenvalue weighted by Gasteiger charge is 2.52. The number of thioether (sulfide) groups is 1. The number of carbonyl (C=O) groups excluding carboxylic acids is 1. The molecule has 1 aliphatic heterocycles. The van der Waals surface area contributed by atoms with E-state index in [4.69, 9.17) is 0 Å². The molecule has 0 aliphatic carbocycles. The second-order valence-corrected chi connectivity index (χ2v) is 7.60. The molecular weight excluding hydrogens is 362 g/mol. The van der Waals surface area contributed by atoms with Gasteiger partial charge < -0.3 is 4.90 Å². The highest BCUT2D eigenvalue weighted by Crippen LogP contribution is 2.39. The van der Waals surface area contributed by atoms with Crippen LogP contribution in [0.25, 0.3) is 0 Å². The van der Waals surface area contributed by atoms with Gasteiger partial charge in [0.25, 0.3) is 5.91 Å². The molecule has 6 nitrogen and oxygen atoms in total. The first-order valence-electron chi connectivity index (χ1n) is 8.63. The van der Waals surface area contributed by atoms with E-state index in [1.54, 1.807) is 18.9 Å². The molecule has 7 heteroatoms. The van der Waals surface area contributed by atoms with Gasteiger partial charge in [-0.15, -0.1) is 0 Å². The summed E-state index contributed by atoms with van der Waals surface area (Å²) in [6, 6.07) is 19.1. The second-order valence-electron chi connectivity index (χ2n) is 6.66. The fourth-order valence-corrected chi connectivity index (χ4v) is 4.31. The number of nitro groups is 1. The number of rotatable bonds is 6. The van der Waals surface area contributed by atoms with Crippen molar-refractivity contribution in [2.24, 2.45) is 4.99 Å². The van der Waals surface area contributed by atoms with E-state index >= 15 is 0 Å². The van der Waals surface area contributed by atoms with Crippen LogP contribution < -0.4 is 0 Å². The standard InChI is InChI=1S/C20H21N3O3S/c1-20(17(13-23(25)26)16-11-7-4-8-12-16)18(24)21-19(22(20)2)27-14-15-9-5-3-6-10-15/h3-12,17H,13-14H2,1-2H3/t17-,20+/m0/s1. The molecule has 0 saturated carbocycles. The van der Waals surface area contributed by atoms with Crippen molar-refractivity contribution < 1.29 is 9.72 Å². The predicted octanol–water partition coefficient (Wildman–Crippen LogP) is 3.57. The molecule has 0 unspecified atom stereocenters. The van der Waals surface area contributed by atoms with Crippen molar-refractivity contribution in [1.29, 1.82) is 0 Å². The summed E-state index contributed by atoms with van der Waals surface area (Å²) in [6.45, 7) is 1.42. The Bertz CT molecular complexity index is 857. The molecular formula is C20H21N3O3S. The molecule has 1 aliphatic rings. The summed E-state index contributed by atoms with van der Waals surface area (Å²) in [4.78, 5) is 29.8. The Morgan fingerprint density at radius 2 is 1.74 bits per heavy atom. The summed E-state index contributed by atoms with van der Waals surface area (Å²) < 4.78 is 0. The number of benzene rings is 2. The van der Waals surface area contributed by atoms with Gasteiger partial charge in [-0.2, -0.15) is 4.99 Å². The maximum absolute atomic E-state index is 12.9. The highest BCUT2D eigenvalue weighted by molar-refractivity contribution is 8.13. The van der Waals surface area contributed by atoms with E-state index in [9.17, 15) is 14.9 Å². The van der Waals surface area contributed by atoms with Gasteiger partial charge in [0.2, 0.25) is 6.54 Å². The zero-order chi connectivity index (χ0) is 19.4. The lowest BCUT2D eigenvalue weighted by molar-refractivity contribution is -0.485. The molecule has 0 saturated heterocycles. The van der Waals surface area contributed by atoms with Crippen LogP contribution in [0.1, 0.15) is 24.0 Å². The third-order valence-corrected chi connectivity index (χ3v) is 6.14. The topological polar surface area (TPSA) is 75.8 Å². The first-order chi connectivity index (χ1) is 12.9. The average Bonchev–Trinajstić information content (AvgIpc) is 2.90. The molecule has 1 heterocycles. The van der Waals surface area contributed by atoms with Crippen molar-refractivity contribution in [1.82, 2.24) is 4.90 Å². The number of amides is 1. The van der Waals surface area contributed by atoms with Crippen molar-refractivity contribution >= 4 is 22.8 Å². The Morgan fingerprint density at radius 3 is 2.33 bits per heavy atom. The van der Waals surface area contributed by atoms with Gasteiger partial charge in [0.1, 0.15) is 5.54 Å². The summed E-state index contributed by atoms with van der Waals surface area (Å²) in [5.74, 6) is -0.250. The molecule has 0 spiro atoms. The molecule has 0 radical (unpaired) electrons. The summed E-state index contributed by atoms with van der Waals surface area (Å²) in [5, 5.41) is 11.9. The van der Waals surface area contributed by atoms with Gasteiger partial charge in [-0.05, 0) is 18.1 Å². The maximum atomic E-state index is 12.9. The van der Waals surface area contributed by atoms with Crippen molar-refractivity contribution in [3.8, 4) is 0 Å². The van der Waals surface area contributed by atoms with E-state index in [0.29, 0.717) is 10.9 Å². The lowest BCUT2D eigenvalue weighted by atomic mass is 9.79. The van der Waals surface area contributed by atoms with Crippen LogP contribution in [0.3, 0.4) is 0 Å². The van der Waals surface area contributed by atoms with Crippen LogP contribution in [0.4, 0.5) is 0 Å². The van der Waals surface area contributed by atoms with E-state index in [1.165, 1.54) is 11.8 Å². The van der Waals surface area contributed by atoms with Crippen LogP contribution in [0.2, 0.25) is 0 Å². The van der Waals surface area contributed by atoms with E-state index < -0.39 is 11.5 Å². The smallest absolute Gasteiger partial charge is 0.274 e. The van der Waals surface area contributed by atoms with Crippen LogP contribution in [-0.2, 0) is 10.5 Å². The lowest BCUT2D eigenvalue weighted by Crippen LogP contribution is -2.52. The molecule has 27 heavy (non-hydrogen) atoms. The van der Waals surface area contributed by atoms with Gasteiger partial charge in [0, 0.05) is 17.7 Å². The highest BCUT2D eigenvalue weighted by atomic mass is 32.2. The van der Waals surface area contributed by atoms with Crippen LogP contribution in [0.15, 0.2) is 65.7 Å². The number of likely N-dealkylation sites (N-methyl/N-ethyl adjacent to an activating group) is 1. The number of carbonyl (C=O) groups is 1. The minimum absolute atomic E-state index is 0.331. The molecule has 2 atom stereocenters. The molecule has 140 valence electrons. The van der Waals surface area contributed by atoms with Crippen molar-refractivity contribution in [2.75, 3.05) is 13.6 Å². The zero-order valence-corrected chi connectivity index (χ0v) is 16.1. The second kappa shape index (κ2) is 7.92. The number of hydrogen-bond donors (Lipinski definition) is 0. The Morgan fingerprint density at radius 1 is 1.15 bits per heavy atom. The van der Waals surface area contributed by atoms with Gasteiger partial charge in [-0.25, -0.2) is 0 Å². The van der Waals surface area contributed by atoms with E-state index in [0.717, 1.165) is 11.1 Å². The van der Waals surface area contributed by atoms with E-state index in [2.05, 4.69) is 4.99 Å². The number of nitrogens with zero attached hydrogens (tertiary/aromatic N) is 3. The molecule has 0 aromatic heterocycles. The van der Waals surface area contributed by atoms with Crippen molar-refractivity contribution in [2.45, 2.75) is 24.1 Å². The third-order valence-electron chi connectivity index (χ3n) is 5.04. The van der Waals surface area contributed by atoms with Gasteiger partial charge in [0.15, 0.2) is 5.17 Å². The number of amidine groups is 1. The lowest BCUT2D eigenvalue weighted by Gasteiger charge is -2.37. The summed E-state index contributed by atoms with van der Waals surface area (Å²) in [6.07, 6.45) is 0. The van der Waals surface area contributed by atoms with Crippen LogP contribution in [0, 0.1) is 10.1 Å². The van der Waals surface area contributed by atoms with E-state index in [1.807, 2.05) is 60.7 Å². The molecule has 2 aromatic rings. The van der Waals surface area contributed by atoms with Crippen molar-refractivity contribution in [3.63, 3.8) is 0 Å². The van der Waals surface area contributed by atoms with Crippen LogP contribution in [0.5, 0.6) is 0 Å². The minimum atomic E-state index is -1.09. The predicted molar refractivity (Wildman–Crippen MR) is 107 cm³/mol. The monoisotopic (exact) mass is 383 g/mol. The SMILES string of the molecule is CN1C(SCc2ccccc2)=NC(=O)[C@@]1(C)[C@@H](C[N+](=O)[O-])c1ccccc1. The van der Waals surface area contributed by atoms with Crippen molar-refractivity contribution in [3.05, 3.63) is 81.9 Å². The van der Waals surface area contributed by atoms with Crippen LogP contribution >= 0.6 is 11.8 Å². The Labute approximate surface area is 162 Å². The quantitative estimate of drug-likeness (QED) is 0.563. The van der Waals surface area contributed by atoms with Crippen LogP contribution in [-0.4, -0.2) is 40.0 Å². The summed E-state index contributed by atoms with van der Waals surface area (Å²) >= 11 is 1.47. The number of aliphatic imine (C=N–C) groups is 1. The fourth-order valence-electron chi connectivity index (χ4n) is 3.29. The molecule has 0 bridgehead atoms. The number of hydrogen-bond acceptors (Lipinski definition) is 5. The largest absolute Gasteiger partial charge is 0.339 e. The first kappa shape index (κ1) is 19.1. The normalized spacial score (nSPS) is 20.4. The third kappa shape index (κ3) is 3.88. The fraction of sp³-hybridized carbons (Fsp3) is 0.300. The van der Waals surface area contributed by atoms with Gasteiger partial charge in [-0.3, -0.25) is 14.9 Å². The molecule has 3 rings (SSSR count). The molecule has 0 fully saturated rings. The molecule has 1 amide bonds. The summed E-state index contributed by atoms with van der Waals surface area (Å²) in [7, 11) is 1.79. The van der Waals surface area contributed by atoms with Gasteiger partial charge in [-0.1, -0.05) is 72.4 Å². The van der Waals surface area contributed by atoms with E-state index in [-0.39, 0.29) is 17.4 Å². The van der Waals surface area contributed by atoms with Gasteiger partial charge >= 0.3 is 0 Å².